The number of aliphatic carboxylic acids is 1. The second-order valence-electron chi connectivity index (χ2n) is 14.1. The molecule has 54 heavy (non-hydrogen) atoms. The Morgan fingerprint density at radius 1 is 0.556 bits per heavy atom. The van der Waals surface area contributed by atoms with Gasteiger partial charge < -0.3 is 23.8 Å². The number of hydrogen-bond acceptors (Lipinski definition) is 6. The fourth-order valence-electron chi connectivity index (χ4n) is 5.15. The number of nitrogens with zero attached hydrogens (tertiary/aromatic N) is 1. The standard InChI is InChI=1S/C46H73NO7/c1-6-8-10-12-14-16-18-20-21-22-23-25-27-29-31-33-35-37-45(49)54-42(40-52-39-38-43(46(50)51)47(3,4)5)41-53-44(48)36-34-32-30-28-26-24-19-17-15-13-11-9-7-2/h8-11,14-17,20-21,23-26,30,32,42-43H,6-7,12-13,18-19,22,27-29,31,33-41H2,1-5H3/p+1/b10-8-,11-9-,16-14-,17-15-,21-20-,25-23-,26-24-,32-30-. The van der Waals surface area contributed by atoms with Crippen LogP contribution >= 0.6 is 0 Å². The van der Waals surface area contributed by atoms with Crippen LogP contribution in [0.25, 0.3) is 0 Å². The number of likely N-dealkylation sites (N-methyl/N-ethyl adjacent to an activating group) is 1. The summed E-state index contributed by atoms with van der Waals surface area (Å²) in [7, 11) is 5.48. The number of carboxylic acid groups (broad SMARTS) is 1. The molecule has 0 fully saturated rings. The minimum atomic E-state index is -0.894. The zero-order valence-electron chi connectivity index (χ0n) is 34.4. The van der Waals surface area contributed by atoms with Gasteiger partial charge in [0.05, 0.1) is 34.4 Å². The van der Waals surface area contributed by atoms with E-state index in [-0.39, 0.29) is 49.1 Å². The summed E-state index contributed by atoms with van der Waals surface area (Å²) in [6.45, 7) is 4.36. The Morgan fingerprint density at radius 2 is 1.02 bits per heavy atom. The maximum absolute atomic E-state index is 12.7. The highest BCUT2D eigenvalue weighted by Gasteiger charge is 2.31. The second kappa shape index (κ2) is 36.2. The van der Waals surface area contributed by atoms with E-state index in [4.69, 9.17) is 14.2 Å². The van der Waals surface area contributed by atoms with Gasteiger partial charge in [-0.2, -0.15) is 0 Å². The lowest BCUT2D eigenvalue weighted by Gasteiger charge is -2.31. The lowest BCUT2D eigenvalue weighted by molar-refractivity contribution is -0.887. The molecule has 8 nitrogen and oxygen atoms in total. The molecule has 2 atom stereocenters. The fourth-order valence-corrected chi connectivity index (χ4v) is 5.15. The van der Waals surface area contributed by atoms with Crippen molar-refractivity contribution < 1.29 is 38.2 Å². The summed E-state index contributed by atoms with van der Waals surface area (Å²) < 4.78 is 17.1. The van der Waals surface area contributed by atoms with E-state index in [1.807, 2.05) is 33.3 Å². The summed E-state index contributed by atoms with van der Waals surface area (Å²) in [4.78, 5) is 36.8. The minimum absolute atomic E-state index is 0.0221. The SMILES string of the molecule is CC/C=C\C/C=C\C/C=C\C/C=C\CCCCCCC(=O)OC(COCCC(C(=O)O)[N+](C)(C)C)COC(=O)CC/C=C\C/C=C\C/C=C\C/C=C\CC. The van der Waals surface area contributed by atoms with Crippen LogP contribution in [0.3, 0.4) is 0 Å². The van der Waals surface area contributed by atoms with Gasteiger partial charge in [-0.25, -0.2) is 4.79 Å². The maximum atomic E-state index is 12.7. The van der Waals surface area contributed by atoms with Crippen molar-refractivity contribution in [2.24, 2.45) is 0 Å². The Balaban J connectivity index is 4.55. The Morgan fingerprint density at radius 3 is 1.50 bits per heavy atom. The van der Waals surface area contributed by atoms with E-state index in [1.54, 1.807) is 0 Å². The van der Waals surface area contributed by atoms with Gasteiger partial charge in [-0.1, -0.05) is 124 Å². The molecule has 0 aliphatic carbocycles. The smallest absolute Gasteiger partial charge is 0.362 e. The third kappa shape index (κ3) is 34.0. The number of allylic oxidation sites excluding steroid dienone is 16. The first-order chi connectivity index (χ1) is 26.1. The number of hydrogen-bond donors (Lipinski definition) is 1. The van der Waals surface area contributed by atoms with Gasteiger partial charge in [-0.05, 0) is 77.0 Å². The van der Waals surface area contributed by atoms with Gasteiger partial charge in [0, 0.05) is 19.3 Å². The Hall–Kier alpha value is -3.75. The van der Waals surface area contributed by atoms with Crippen molar-refractivity contribution in [1.29, 1.82) is 0 Å². The van der Waals surface area contributed by atoms with Crippen LogP contribution in [0, 0.1) is 0 Å². The average Bonchev–Trinajstić information content (AvgIpc) is 3.12. The van der Waals surface area contributed by atoms with Gasteiger partial charge >= 0.3 is 17.9 Å². The number of carbonyl (C=O) groups is 3. The molecule has 0 radical (unpaired) electrons. The molecular formula is C46H74NO7+. The molecule has 0 aromatic heterocycles. The fraction of sp³-hybridized carbons (Fsp3) is 0.587. The highest BCUT2D eigenvalue weighted by molar-refractivity contribution is 5.72. The Labute approximate surface area is 328 Å². The first-order valence-corrected chi connectivity index (χ1v) is 20.3. The molecule has 8 heteroatoms. The van der Waals surface area contributed by atoms with Crippen LogP contribution in [-0.2, 0) is 28.6 Å². The zero-order chi connectivity index (χ0) is 40.0. The number of unbranched alkanes of at least 4 members (excludes halogenated alkanes) is 4. The van der Waals surface area contributed by atoms with Crippen molar-refractivity contribution in [2.45, 2.75) is 135 Å². The largest absolute Gasteiger partial charge is 0.477 e. The van der Waals surface area contributed by atoms with Gasteiger partial charge in [0.2, 0.25) is 0 Å². The zero-order valence-corrected chi connectivity index (χ0v) is 34.4. The molecule has 304 valence electrons. The molecular weight excluding hydrogens is 679 g/mol. The number of esters is 2. The van der Waals surface area contributed by atoms with Crippen LogP contribution < -0.4 is 0 Å². The summed E-state index contributed by atoms with van der Waals surface area (Å²) in [5, 5.41) is 9.60. The van der Waals surface area contributed by atoms with Crippen molar-refractivity contribution in [2.75, 3.05) is 41.0 Å². The van der Waals surface area contributed by atoms with Gasteiger partial charge in [0.25, 0.3) is 0 Å². The molecule has 0 saturated heterocycles. The first-order valence-electron chi connectivity index (χ1n) is 20.3. The number of carbonyl (C=O) groups excluding carboxylic acids is 2. The normalized spacial score (nSPS) is 14.0. The third-order valence-corrected chi connectivity index (χ3v) is 8.24. The molecule has 0 aromatic rings. The Kier molecular flexibility index (Phi) is 33.7. The Bertz CT molecular complexity index is 1200. The quantitative estimate of drug-likeness (QED) is 0.0302. The van der Waals surface area contributed by atoms with E-state index < -0.39 is 18.1 Å². The highest BCUT2D eigenvalue weighted by atomic mass is 16.6. The van der Waals surface area contributed by atoms with Crippen molar-refractivity contribution in [3.63, 3.8) is 0 Å². The summed E-state index contributed by atoms with van der Waals surface area (Å²) in [5.74, 6) is -1.62. The average molecular weight is 753 g/mol. The van der Waals surface area contributed by atoms with Crippen LogP contribution in [0.2, 0.25) is 0 Å². The molecule has 2 unspecified atom stereocenters. The number of carboxylic acids is 1. The van der Waals surface area contributed by atoms with E-state index >= 15 is 0 Å². The summed E-state index contributed by atoms with van der Waals surface area (Å²) in [6.07, 6.45) is 47.5. The van der Waals surface area contributed by atoms with Gasteiger partial charge in [0.1, 0.15) is 6.61 Å². The molecule has 1 N–H and O–H groups in total. The van der Waals surface area contributed by atoms with Crippen LogP contribution in [0.4, 0.5) is 0 Å². The van der Waals surface area contributed by atoms with Crippen LogP contribution in [0.5, 0.6) is 0 Å². The van der Waals surface area contributed by atoms with E-state index in [2.05, 4.69) is 98.9 Å². The number of ether oxygens (including phenoxy) is 3. The molecule has 0 saturated carbocycles. The van der Waals surface area contributed by atoms with E-state index in [0.717, 1.165) is 83.5 Å². The first kappa shape index (κ1) is 50.2. The minimum Gasteiger partial charge on any atom is -0.477 e. The summed E-state index contributed by atoms with van der Waals surface area (Å²) in [5.41, 5.74) is 0. The van der Waals surface area contributed by atoms with Crippen molar-refractivity contribution in [3.05, 3.63) is 97.2 Å². The van der Waals surface area contributed by atoms with Gasteiger partial charge in [-0.3, -0.25) is 9.59 Å². The predicted octanol–water partition coefficient (Wildman–Crippen LogP) is 10.7. The molecule has 0 amide bonds. The van der Waals surface area contributed by atoms with Gasteiger partial charge in [0.15, 0.2) is 12.1 Å². The summed E-state index contributed by atoms with van der Waals surface area (Å²) in [6, 6.07) is -0.634. The van der Waals surface area contributed by atoms with Crippen molar-refractivity contribution in [1.82, 2.24) is 0 Å². The van der Waals surface area contributed by atoms with Crippen molar-refractivity contribution in [3.8, 4) is 0 Å². The molecule has 0 aliphatic heterocycles. The highest BCUT2D eigenvalue weighted by Crippen LogP contribution is 2.11. The van der Waals surface area contributed by atoms with E-state index in [0.29, 0.717) is 12.8 Å². The molecule has 0 heterocycles. The third-order valence-electron chi connectivity index (χ3n) is 8.24. The van der Waals surface area contributed by atoms with Crippen LogP contribution in [0.1, 0.15) is 123 Å². The second-order valence-corrected chi connectivity index (χ2v) is 14.1. The van der Waals surface area contributed by atoms with Gasteiger partial charge in [-0.15, -0.1) is 0 Å². The van der Waals surface area contributed by atoms with E-state index in [9.17, 15) is 19.5 Å². The van der Waals surface area contributed by atoms with Crippen LogP contribution in [0.15, 0.2) is 97.2 Å². The van der Waals surface area contributed by atoms with E-state index in [1.165, 1.54) is 0 Å². The molecule has 0 rings (SSSR count). The number of rotatable bonds is 34. The topological polar surface area (TPSA) is 99.1 Å². The lowest BCUT2D eigenvalue weighted by Crippen LogP contribution is -2.50. The lowest BCUT2D eigenvalue weighted by atomic mass is 10.1. The monoisotopic (exact) mass is 753 g/mol. The van der Waals surface area contributed by atoms with Crippen LogP contribution in [-0.4, -0.2) is 80.6 Å². The maximum Gasteiger partial charge on any atom is 0.362 e. The number of quaternary nitrogens is 1. The predicted molar refractivity (Wildman–Crippen MR) is 224 cm³/mol. The molecule has 0 spiro atoms. The van der Waals surface area contributed by atoms with Crippen molar-refractivity contribution >= 4 is 17.9 Å². The molecule has 0 bridgehead atoms. The summed E-state index contributed by atoms with van der Waals surface area (Å²) >= 11 is 0. The molecule has 0 aromatic carbocycles. The molecule has 0 aliphatic rings.